The fraction of sp³-hybridized carbons (Fsp3) is 0.263. The van der Waals surface area contributed by atoms with Gasteiger partial charge >= 0.3 is 0 Å². The number of ether oxygens (including phenoxy) is 1. The lowest BCUT2D eigenvalue weighted by atomic mass is 10.2. The average molecular weight is 338 g/mol. The summed E-state index contributed by atoms with van der Waals surface area (Å²) < 4.78 is 5.43. The van der Waals surface area contributed by atoms with Crippen LogP contribution < -0.4 is 15.5 Å². The van der Waals surface area contributed by atoms with Gasteiger partial charge in [-0.1, -0.05) is 18.2 Å². The Morgan fingerprint density at radius 1 is 1.28 bits per heavy atom. The molecule has 1 aliphatic heterocycles. The lowest BCUT2D eigenvalue weighted by molar-refractivity contribution is 0.0953. The van der Waals surface area contributed by atoms with Crippen molar-refractivity contribution in [2.75, 3.05) is 43.1 Å². The van der Waals surface area contributed by atoms with Crippen LogP contribution in [-0.4, -0.2) is 43.7 Å². The summed E-state index contributed by atoms with van der Waals surface area (Å²) in [6.45, 7) is 7.20. The van der Waals surface area contributed by atoms with Crippen molar-refractivity contribution in [1.29, 1.82) is 0 Å². The maximum absolute atomic E-state index is 12.1. The van der Waals surface area contributed by atoms with E-state index in [4.69, 9.17) is 4.74 Å². The third-order valence-electron chi connectivity index (χ3n) is 3.93. The van der Waals surface area contributed by atoms with Crippen LogP contribution in [0.25, 0.3) is 0 Å². The number of para-hydroxylation sites is 2. The first-order valence-electron chi connectivity index (χ1n) is 8.32. The molecule has 1 saturated heterocycles. The fourth-order valence-corrected chi connectivity index (χ4v) is 2.70. The number of amides is 1. The zero-order valence-corrected chi connectivity index (χ0v) is 14.1. The van der Waals surface area contributed by atoms with E-state index >= 15 is 0 Å². The van der Waals surface area contributed by atoms with Crippen LogP contribution in [0, 0.1) is 0 Å². The monoisotopic (exact) mass is 338 g/mol. The number of anilines is 3. The van der Waals surface area contributed by atoms with Gasteiger partial charge in [-0.05, 0) is 24.3 Å². The van der Waals surface area contributed by atoms with Crippen molar-refractivity contribution in [2.24, 2.45) is 0 Å². The van der Waals surface area contributed by atoms with Gasteiger partial charge in [-0.2, -0.15) is 0 Å². The van der Waals surface area contributed by atoms with Crippen molar-refractivity contribution < 1.29 is 9.53 Å². The van der Waals surface area contributed by atoms with Crippen LogP contribution in [0.4, 0.5) is 17.1 Å². The molecule has 1 fully saturated rings. The molecule has 2 aromatic rings. The first-order valence-corrected chi connectivity index (χ1v) is 8.32. The summed E-state index contributed by atoms with van der Waals surface area (Å²) in [6.07, 6.45) is 3.26. The molecule has 0 saturated carbocycles. The van der Waals surface area contributed by atoms with Crippen LogP contribution in [-0.2, 0) is 4.74 Å². The number of hydrogen-bond acceptors (Lipinski definition) is 5. The van der Waals surface area contributed by atoms with Crippen molar-refractivity contribution in [3.63, 3.8) is 0 Å². The lowest BCUT2D eigenvalue weighted by Gasteiger charge is -2.30. The number of hydrogen-bond donors (Lipinski definition) is 2. The largest absolute Gasteiger partial charge is 0.378 e. The SMILES string of the molecule is C=CCNC(=O)c1cc(Nc2ccccc2N2CCOCC2)ccn1. The minimum Gasteiger partial charge on any atom is -0.378 e. The van der Waals surface area contributed by atoms with E-state index in [2.05, 4.69) is 33.2 Å². The molecule has 2 heterocycles. The Morgan fingerprint density at radius 3 is 2.88 bits per heavy atom. The maximum Gasteiger partial charge on any atom is 0.270 e. The molecule has 6 nitrogen and oxygen atoms in total. The first kappa shape index (κ1) is 17.0. The van der Waals surface area contributed by atoms with E-state index in [0.29, 0.717) is 12.2 Å². The average Bonchev–Trinajstić information content (AvgIpc) is 2.67. The molecular weight excluding hydrogens is 316 g/mol. The number of nitrogens with zero attached hydrogens (tertiary/aromatic N) is 2. The summed E-state index contributed by atoms with van der Waals surface area (Å²) in [5.41, 5.74) is 3.31. The van der Waals surface area contributed by atoms with E-state index < -0.39 is 0 Å². The van der Waals surface area contributed by atoms with Crippen LogP contribution >= 0.6 is 0 Å². The lowest BCUT2D eigenvalue weighted by Crippen LogP contribution is -2.36. The molecule has 1 aromatic carbocycles. The minimum absolute atomic E-state index is 0.218. The quantitative estimate of drug-likeness (QED) is 0.793. The van der Waals surface area contributed by atoms with Crippen LogP contribution in [0.1, 0.15) is 10.5 Å². The second-order valence-corrected chi connectivity index (χ2v) is 5.67. The van der Waals surface area contributed by atoms with E-state index in [-0.39, 0.29) is 5.91 Å². The summed E-state index contributed by atoms with van der Waals surface area (Å²) in [6, 6.07) is 11.7. The molecule has 6 heteroatoms. The summed E-state index contributed by atoms with van der Waals surface area (Å²) in [4.78, 5) is 18.5. The van der Waals surface area contributed by atoms with Crippen molar-refractivity contribution in [2.45, 2.75) is 0 Å². The number of morpholine rings is 1. The van der Waals surface area contributed by atoms with E-state index in [9.17, 15) is 4.79 Å². The summed E-state index contributed by atoms with van der Waals surface area (Å²) in [5, 5.41) is 6.13. The number of aromatic nitrogens is 1. The Morgan fingerprint density at radius 2 is 2.08 bits per heavy atom. The normalized spacial score (nSPS) is 14.0. The van der Waals surface area contributed by atoms with E-state index in [1.807, 2.05) is 24.3 Å². The summed E-state index contributed by atoms with van der Waals surface area (Å²) >= 11 is 0. The predicted octanol–water partition coefficient (Wildman–Crippen LogP) is 2.58. The number of rotatable bonds is 6. The van der Waals surface area contributed by atoms with E-state index in [1.54, 1.807) is 18.3 Å². The molecule has 1 amide bonds. The molecule has 0 unspecified atom stereocenters. The van der Waals surface area contributed by atoms with Gasteiger partial charge in [0.05, 0.1) is 24.6 Å². The number of nitrogens with one attached hydrogen (secondary N) is 2. The Labute approximate surface area is 147 Å². The van der Waals surface area contributed by atoms with E-state index in [0.717, 1.165) is 43.4 Å². The van der Waals surface area contributed by atoms with Crippen LogP contribution in [0.3, 0.4) is 0 Å². The summed E-state index contributed by atoms with van der Waals surface area (Å²) in [7, 11) is 0. The molecule has 25 heavy (non-hydrogen) atoms. The van der Waals surface area contributed by atoms with Crippen LogP contribution in [0.15, 0.2) is 55.3 Å². The van der Waals surface area contributed by atoms with Crippen LogP contribution in [0.5, 0.6) is 0 Å². The third-order valence-corrected chi connectivity index (χ3v) is 3.93. The highest BCUT2D eigenvalue weighted by Gasteiger charge is 2.15. The van der Waals surface area contributed by atoms with Gasteiger partial charge in [0, 0.05) is 31.5 Å². The van der Waals surface area contributed by atoms with Gasteiger partial charge < -0.3 is 20.3 Å². The first-order chi connectivity index (χ1) is 12.3. The van der Waals surface area contributed by atoms with Gasteiger partial charge in [0.2, 0.25) is 0 Å². The standard InChI is InChI=1S/C19H22N4O2/c1-2-8-21-19(24)17-14-15(7-9-20-17)22-16-5-3-4-6-18(16)23-10-12-25-13-11-23/h2-7,9,14H,1,8,10-13H2,(H,20,22)(H,21,24). The Hall–Kier alpha value is -2.86. The molecule has 0 aliphatic carbocycles. The minimum atomic E-state index is -0.218. The number of benzene rings is 1. The van der Waals surface area contributed by atoms with Gasteiger partial charge in [0.1, 0.15) is 5.69 Å². The molecule has 0 radical (unpaired) electrons. The molecule has 0 spiro atoms. The highest BCUT2D eigenvalue weighted by Crippen LogP contribution is 2.29. The smallest absolute Gasteiger partial charge is 0.270 e. The highest BCUT2D eigenvalue weighted by molar-refractivity contribution is 5.93. The van der Waals surface area contributed by atoms with Gasteiger partial charge in [-0.3, -0.25) is 9.78 Å². The highest BCUT2D eigenvalue weighted by atomic mass is 16.5. The van der Waals surface area contributed by atoms with Gasteiger partial charge in [0.25, 0.3) is 5.91 Å². The molecule has 1 aromatic heterocycles. The molecular formula is C19H22N4O2. The molecule has 0 bridgehead atoms. The molecule has 3 rings (SSSR count). The van der Waals surface area contributed by atoms with Crippen molar-refractivity contribution in [3.05, 3.63) is 60.9 Å². The molecule has 1 aliphatic rings. The Bertz CT molecular complexity index is 742. The van der Waals surface area contributed by atoms with Crippen molar-refractivity contribution in [1.82, 2.24) is 10.3 Å². The Kier molecular flexibility index (Phi) is 5.64. The van der Waals surface area contributed by atoms with Gasteiger partial charge in [-0.25, -0.2) is 0 Å². The third kappa shape index (κ3) is 4.36. The predicted molar refractivity (Wildman–Crippen MR) is 99.5 cm³/mol. The number of carbonyl (C=O) groups excluding carboxylic acids is 1. The second-order valence-electron chi connectivity index (χ2n) is 5.67. The van der Waals surface area contributed by atoms with Gasteiger partial charge in [0.15, 0.2) is 0 Å². The Balaban J connectivity index is 1.78. The zero-order valence-electron chi connectivity index (χ0n) is 14.1. The van der Waals surface area contributed by atoms with Crippen molar-refractivity contribution >= 4 is 23.0 Å². The van der Waals surface area contributed by atoms with E-state index in [1.165, 1.54) is 0 Å². The van der Waals surface area contributed by atoms with Gasteiger partial charge in [-0.15, -0.1) is 6.58 Å². The fourth-order valence-electron chi connectivity index (χ4n) is 2.70. The number of pyridine rings is 1. The number of carbonyl (C=O) groups is 1. The second kappa shape index (κ2) is 8.30. The molecule has 2 N–H and O–H groups in total. The summed E-state index contributed by atoms with van der Waals surface area (Å²) in [5.74, 6) is -0.218. The van der Waals surface area contributed by atoms with Crippen molar-refractivity contribution in [3.8, 4) is 0 Å². The van der Waals surface area contributed by atoms with Crippen LogP contribution in [0.2, 0.25) is 0 Å². The molecule has 130 valence electrons. The maximum atomic E-state index is 12.1. The zero-order chi connectivity index (χ0) is 17.5. The molecule has 0 atom stereocenters. The topological polar surface area (TPSA) is 66.5 Å².